The van der Waals surface area contributed by atoms with E-state index in [1.54, 1.807) is 14.2 Å². The predicted octanol–water partition coefficient (Wildman–Crippen LogP) is 3.76. The summed E-state index contributed by atoms with van der Waals surface area (Å²) in [4.78, 5) is 2.10. The van der Waals surface area contributed by atoms with Crippen LogP contribution in [0.5, 0.6) is 11.5 Å². The van der Waals surface area contributed by atoms with Crippen LogP contribution < -0.4 is 9.47 Å². The standard InChI is InChI=1S/C18H21NO2/c1-19(2)18(15-7-11-17(21-4)12-8-15)13-14-5-9-16(20-3)10-6-14/h5-13H,1-4H3. The second-order valence-corrected chi connectivity index (χ2v) is 4.93. The van der Waals surface area contributed by atoms with Crippen LogP contribution in [0.25, 0.3) is 11.8 Å². The van der Waals surface area contributed by atoms with Crippen LogP contribution in [-0.2, 0) is 0 Å². The van der Waals surface area contributed by atoms with Crippen molar-refractivity contribution in [1.29, 1.82) is 0 Å². The second-order valence-electron chi connectivity index (χ2n) is 4.93. The van der Waals surface area contributed by atoms with Gasteiger partial charge in [0.25, 0.3) is 0 Å². The molecular formula is C18H21NO2. The third-order valence-electron chi connectivity index (χ3n) is 3.29. The van der Waals surface area contributed by atoms with Gasteiger partial charge in [-0.2, -0.15) is 0 Å². The highest BCUT2D eigenvalue weighted by molar-refractivity contribution is 5.80. The van der Waals surface area contributed by atoms with Crippen LogP contribution in [0, 0.1) is 0 Å². The van der Waals surface area contributed by atoms with Gasteiger partial charge in [0.2, 0.25) is 0 Å². The Kier molecular flexibility index (Phi) is 4.88. The molecular weight excluding hydrogens is 262 g/mol. The largest absolute Gasteiger partial charge is 0.497 e. The molecule has 3 nitrogen and oxygen atoms in total. The maximum atomic E-state index is 5.21. The van der Waals surface area contributed by atoms with Gasteiger partial charge in [-0.3, -0.25) is 0 Å². The van der Waals surface area contributed by atoms with Gasteiger partial charge < -0.3 is 14.4 Å². The Morgan fingerprint density at radius 1 is 0.810 bits per heavy atom. The highest BCUT2D eigenvalue weighted by Crippen LogP contribution is 2.23. The number of hydrogen-bond acceptors (Lipinski definition) is 3. The van der Waals surface area contributed by atoms with Gasteiger partial charge in [0.1, 0.15) is 11.5 Å². The zero-order chi connectivity index (χ0) is 15.2. The van der Waals surface area contributed by atoms with Gasteiger partial charge in [-0.15, -0.1) is 0 Å². The molecule has 21 heavy (non-hydrogen) atoms. The van der Waals surface area contributed by atoms with E-state index in [1.165, 1.54) is 0 Å². The molecule has 0 aliphatic carbocycles. The van der Waals surface area contributed by atoms with Crippen LogP contribution in [0.1, 0.15) is 11.1 Å². The highest BCUT2D eigenvalue weighted by Gasteiger charge is 2.05. The van der Waals surface area contributed by atoms with Crippen LogP contribution in [-0.4, -0.2) is 33.2 Å². The van der Waals surface area contributed by atoms with E-state index in [0.29, 0.717) is 0 Å². The van der Waals surface area contributed by atoms with E-state index in [0.717, 1.165) is 28.3 Å². The van der Waals surface area contributed by atoms with Crippen LogP contribution >= 0.6 is 0 Å². The lowest BCUT2D eigenvalue weighted by Crippen LogP contribution is -2.09. The Hall–Kier alpha value is -2.42. The van der Waals surface area contributed by atoms with Crippen molar-refractivity contribution in [3.63, 3.8) is 0 Å². The molecule has 0 aliphatic rings. The fraction of sp³-hybridized carbons (Fsp3) is 0.222. The van der Waals surface area contributed by atoms with Crippen molar-refractivity contribution in [2.45, 2.75) is 0 Å². The number of rotatable bonds is 5. The summed E-state index contributed by atoms with van der Waals surface area (Å²) in [5.74, 6) is 1.73. The fourth-order valence-electron chi connectivity index (χ4n) is 2.09. The molecule has 0 unspecified atom stereocenters. The molecule has 0 saturated carbocycles. The molecule has 0 saturated heterocycles. The molecule has 2 aromatic carbocycles. The Balaban J connectivity index is 2.34. The van der Waals surface area contributed by atoms with E-state index in [9.17, 15) is 0 Å². The zero-order valence-corrected chi connectivity index (χ0v) is 13.0. The molecule has 0 atom stereocenters. The van der Waals surface area contributed by atoms with Gasteiger partial charge in [-0.25, -0.2) is 0 Å². The minimum absolute atomic E-state index is 0.862. The van der Waals surface area contributed by atoms with Crippen molar-refractivity contribution in [3.8, 4) is 11.5 Å². The second kappa shape index (κ2) is 6.84. The van der Waals surface area contributed by atoms with Gasteiger partial charge in [0, 0.05) is 19.8 Å². The Labute approximate surface area is 126 Å². The zero-order valence-electron chi connectivity index (χ0n) is 13.0. The molecule has 0 aliphatic heterocycles. The first-order chi connectivity index (χ1) is 10.1. The predicted molar refractivity (Wildman–Crippen MR) is 87.5 cm³/mol. The van der Waals surface area contributed by atoms with Crippen LogP contribution in [0.4, 0.5) is 0 Å². The highest BCUT2D eigenvalue weighted by atomic mass is 16.5. The van der Waals surface area contributed by atoms with Gasteiger partial charge in [-0.05, 0) is 53.6 Å². The molecule has 2 aromatic rings. The Bertz CT molecular complexity index is 598. The van der Waals surface area contributed by atoms with E-state index in [2.05, 4.69) is 23.1 Å². The lowest BCUT2D eigenvalue weighted by Gasteiger charge is -2.18. The fourth-order valence-corrected chi connectivity index (χ4v) is 2.09. The van der Waals surface area contributed by atoms with Crippen LogP contribution in [0.15, 0.2) is 48.5 Å². The van der Waals surface area contributed by atoms with Crippen LogP contribution in [0.3, 0.4) is 0 Å². The molecule has 0 N–H and O–H groups in total. The molecule has 0 heterocycles. The minimum Gasteiger partial charge on any atom is -0.497 e. The third kappa shape index (κ3) is 3.78. The summed E-state index contributed by atoms with van der Waals surface area (Å²) >= 11 is 0. The number of ether oxygens (including phenoxy) is 2. The summed E-state index contributed by atoms with van der Waals surface area (Å²) in [7, 11) is 7.43. The van der Waals surface area contributed by atoms with Crippen molar-refractivity contribution in [3.05, 3.63) is 59.7 Å². The summed E-state index contributed by atoms with van der Waals surface area (Å²) in [6.45, 7) is 0. The minimum atomic E-state index is 0.862. The van der Waals surface area contributed by atoms with Gasteiger partial charge >= 0.3 is 0 Å². The molecule has 0 amide bonds. The normalized spacial score (nSPS) is 11.1. The van der Waals surface area contributed by atoms with Gasteiger partial charge in [0.15, 0.2) is 0 Å². The molecule has 2 rings (SSSR count). The maximum Gasteiger partial charge on any atom is 0.118 e. The third-order valence-corrected chi connectivity index (χ3v) is 3.29. The lowest BCUT2D eigenvalue weighted by atomic mass is 10.1. The van der Waals surface area contributed by atoms with E-state index >= 15 is 0 Å². The van der Waals surface area contributed by atoms with Crippen molar-refractivity contribution in [2.24, 2.45) is 0 Å². The van der Waals surface area contributed by atoms with E-state index in [1.807, 2.05) is 50.5 Å². The van der Waals surface area contributed by atoms with Crippen molar-refractivity contribution >= 4 is 11.8 Å². The number of methoxy groups -OCH3 is 2. The summed E-state index contributed by atoms with van der Waals surface area (Å²) < 4.78 is 10.4. The first-order valence-electron chi connectivity index (χ1n) is 6.81. The molecule has 0 fully saturated rings. The number of hydrogen-bond donors (Lipinski definition) is 0. The van der Waals surface area contributed by atoms with E-state index < -0.39 is 0 Å². The molecule has 110 valence electrons. The smallest absolute Gasteiger partial charge is 0.118 e. The molecule has 0 bridgehead atoms. The first-order valence-corrected chi connectivity index (χ1v) is 6.81. The van der Waals surface area contributed by atoms with Crippen molar-refractivity contribution in [2.75, 3.05) is 28.3 Å². The lowest BCUT2D eigenvalue weighted by molar-refractivity contribution is 0.414. The van der Waals surface area contributed by atoms with Gasteiger partial charge in [0.05, 0.1) is 14.2 Å². The van der Waals surface area contributed by atoms with E-state index in [-0.39, 0.29) is 0 Å². The van der Waals surface area contributed by atoms with Gasteiger partial charge in [-0.1, -0.05) is 12.1 Å². The quantitative estimate of drug-likeness (QED) is 0.780. The first kappa shape index (κ1) is 15.0. The van der Waals surface area contributed by atoms with Crippen molar-refractivity contribution in [1.82, 2.24) is 4.90 Å². The van der Waals surface area contributed by atoms with E-state index in [4.69, 9.17) is 9.47 Å². The number of nitrogens with zero attached hydrogens (tertiary/aromatic N) is 1. The monoisotopic (exact) mass is 283 g/mol. The van der Waals surface area contributed by atoms with Crippen molar-refractivity contribution < 1.29 is 9.47 Å². The summed E-state index contributed by atoms with van der Waals surface area (Å²) in [6.07, 6.45) is 2.15. The Morgan fingerprint density at radius 2 is 1.29 bits per heavy atom. The average molecular weight is 283 g/mol. The summed E-state index contributed by atoms with van der Waals surface area (Å²) in [5, 5.41) is 0. The molecule has 0 spiro atoms. The summed E-state index contributed by atoms with van der Waals surface area (Å²) in [5.41, 5.74) is 3.43. The number of benzene rings is 2. The average Bonchev–Trinajstić information content (AvgIpc) is 2.53. The Morgan fingerprint density at radius 3 is 1.71 bits per heavy atom. The molecule has 0 aromatic heterocycles. The van der Waals surface area contributed by atoms with Crippen LogP contribution in [0.2, 0.25) is 0 Å². The maximum absolute atomic E-state index is 5.21. The topological polar surface area (TPSA) is 21.7 Å². The summed E-state index contributed by atoms with van der Waals surface area (Å²) in [6, 6.07) is 16.1. The molecule has 0 radical (unpaired) electrons. The SMILES string of the molecule is COc1ccc(C=C(c2ccc(OC)cc2)N(C)C)cc1. The molecule has 3 heteroatoms.